The van der Waals surface area contributed by atoms with Crippen LogP contribution in [0.15, 0.2) is 27.2 Å². The maximum atomic E-state index is 5.54. The molecule has 104 valence electrons. The molecule has 0 unspecified atom stereocenters. The van der Waals surface area contributed by atoms with Crippen LogP contribution in [0.5, 0.6) is 0 Å². The number of aromatic nitrogens is 1. The molecule has 0 radical (unpaired) electrons. The molecule has 0 aliphatic heterocycles. The molecule has 2 aromatic heterocycles. The zero-order valence-electron chi connectivity index (χ0n) is 11.8. The highest BCUT2D eigenvalue weighted by Gasteiger charge is 2.11. The highest BCUT2D eigenvalue weighted by atomic mass is 16.4. The van der Waals surface area contributed by atoms with Gasteiger partial charge in [0.2, 0.25) is 0 Å². The molecule has 2 heterocycles. The Morgan fingerprint density at radius 1 is 1.37 bits per heavy atom. The Morgan fingerprint density at radius 2 is 2.21 bits per heavy atom. The second-order valence-electron chi connectivity index (χ2n) is 4.67. The molecule has 0 aliphatic rings. The molecule has 5 heteroatoms. The predicted octanol–water partition coefficient (Wildman–Crippen LogP) is 2.71. The van der Waals surface area contributed by atoms with Crippen LogP contribution < -0.4 is 10.2 Å². The van der Waals surface area contributed by atoms with Crippen molar-refractivity contribution in [3.05, 3.63) is 35.6 Å². The first-order valence-electron chi connectivity index (χ1n) is 6.60. The Hall–Kier alpha value is -1.75. The molecule has 0 aromatic carbocycles. The van der Waals surface area contributed by atoms with Gasteiger partial charge in [-0.1, -0.05) is 6.92 Å². The number of oxazole rings is 1. The van der Waals surface area contributed by atoms with Crippen molar-refractivity contribution < 1.29 is 8.83 Å². The summed E-state index contributed by atoms with van der Waals surface area (Å²) in [6.45, 7) is 6.46. The second-order valence-corrected chi connectivity index (χ2v) is 4.67. The maximum absolute atomic E-state index is 5.54. The highest BCUT2D eigenvalue weighted by molar-refractivity contribution is 5.26. The van der Waals surface area contributed by atoms with E-state index >= 15 is 0 Å². The van der Waals surface area contributed by atoms with Crippen LogP contribution >= 0.6 is 0 Å². The minimum Gasteiger partial charge on any atom is -0.464 e. The van der Waals surface area contributed by atoms with Crippen molar-refractivity contribution in [3.63, 3.8) is 0 Å². The maximum Gasteiger partial charge on any atom is 0.297 e. The van der Waals surface area contributed by atoms with Crippen molar-refractivity contribution in [2.75, 3.05) is 18.5 Å². The van der Waals surface area contributed by atoms with Gasteiger partial charge in [0.1, 0.15) is 17.8 Å². The van der Waals surface area contributed by atoms with Gasteiger partial charge in [0.05, 0.1) is 12.2 Å². The van der Waals surface area contributed by atoms with Gasteiger partial charge in [-0.3, -0.25) is 0 Å². The Balaban J connectivity index is 1.90. The molecule has 1 N–H and O–H groups in total. The minimum atomic E-state index is 0.613. The lowest BCUT2D eigenvalue weighted by atomic mass is 10.4. The van der Waals surface area contributed by atoms with Crippen LogP contribution in [0, 0.1) is 6.92 Å². The molecule has 0 bridgehead atoms. The fourth-order valence-electron chi connectivity index (χ4n) is 1.82. The van der Waals surface area contributed by atoms with Gasteiger partial charge >= 0.3 is 0 Å². The van der Waals surface area contributed by atoms with Crippen LogP contribution in [0.3, 0.4) is 0 Å². The number of nitrogens with zero attached hydrogens (tertiary/aromatic N) is 2. The largest absolute Gasteiger partial charge is 0.464 e. The number of hydrogen-bond donors (Lipinski definition) is 1. The van der Waals surface area contributed by atoms with Gasteiger partial charge in [-0.05, 0) is 32.0 Å². The Kier molecular flexibility index (Phi) is 4.63. The van der Waals surface area contributed by atoms with Crippen molar-refractivity contribution in [1.29, 1.82) is 0 Å². The summed E-state index contributed by atoms with van der Waals surface area (Å²) < 4.78 is 11.0. The molecule has 2 aromatic rings. The van der Waals surface area contributed by atoms with Gasteiger partial charge in [0, 0.05) is 13.6 Å². The van der Waals surface area contributed by atoms with Crippen molar-refractivity contribution >= 4 is 6.01 Å². The molecule has 0 saturated carbocycles. The third-order valence-corrected chi connectivity index (χ3v) is 2.79. The van der Waals surface area contributed by atoms with Crippen LogP contribution in [0.4, 0.5) is 6.01 Å². The van der Waals surface area contributed by atoms with Gasteiger partial charge in [-0.25, -0.2) is 0 Å². The monoisotopic (exact) mass is 263 g/mol. The average molecular weight is 263 g/mol. The van der Waals surface area contributed by atoms with E-state index < -0.39 is 0 Å². The third kappa shape index (κ3) is 3.86. The van der Waals surface area contributed by atoms with Crippen LogP contribution in [-0.4, -0.2) is 18.6 Å². The van der Waals surface area contributed by atoms with Gasteiger partial charge < -0.3 is 19.1 Å². The van der Waals surface area contributed by atoms with Crippen LogP contribution in [0.25, 0.3) is 0 Å². The van der Waals surface area contributed by atoms with Crippen molar-refractivity contribution in [2.45, 2.75) is 33.4 Å². The molecular formula is C14H21N3O2. The van der Waals surface area contributed by atoms with Crippen LogP contribution in [-0.2, 0) is 13.1 Å². The summed E-state index contributed by atoms with van der Waals surface area (Å²) in [5.41, 5.74) is 0.922. The summed E-state index contributed by atoms with van der Waals surface area (Å²) in [5, 5.41) is 3.30. The van der Waals surface area contributed by atoms with E-state index in [4.69, 9.17) is 8.83 Å². The highest BCUT2D eigenvalue weighted by Crippen LogP contribution is 2.16. The van der Waals surface area contributed by atoms with Crippen LogP contribution in [0.2, 0.25) is 0 Å². The van der Waals surface area contributed by atoms with E-state index in [2.05, 4.69) is 17.2 Å². The first-order chi connectivity index (χ1) is 9.19. The Labute approximate surface area is 113 Å². The summed E-state index contributed by atoms with van der Waals surface area (Å²) in [4.78, 5) is 6.37. The van der Waals surface area contributed by atoms with Crippen molar-refractivity contribution in [1.82, 2.24) is 10.3 Å². The van der Waals surface area contributed by atoms with Crippen LogP contribution in [0.1, 0.15) is 30.6 Å². The molecule has 0 amide bonds. The summed E-state index contributed by atoms with van der Waals surface area (Å²) in [5.74, 6) is 1.82. The van der Waals surface area contributed by atoms with E-state index in [0.29, 0.717) is 12.6 Å². The smallest absolute Gasteiger partial charge is 0.297 e. The topological polar surface area (TPSA) is 54.4 Å². The van der Waals surface area contributed by atoms with Gasteiger partial charge in [0.25, 0.3) is 6.01 Å². The summed E-state index contributed by atoms with van der Waals surface area (Å²) in [6, 6.07) is 4.54. The molecule has 0 saturated heterocycles. The van der Waals surface area contributed by atoms with Gasteiger partial charge in [0.15, 0.2) is 0 Å². The zero-order chi connectivity index (χ0) is 13.7. The number of furan rings is 1. The van der Waals surface area contributed by atoms with E-state index in [0.717, 1.165) is 36.7 Å². The lowest BCUT2D eigenvalue weighted by Crippen LogP contribution is -2.17. The fourth-order valence-corrected chi connectivity index (χ4v) is 1.82. The van der Waals surface area contributed by atoms with Gasteiger partial charge in [-0.15, -0.1) is 0 Å². The number of hydrogen-bond acceptors (Lipinski definition) is 5. The summed E-state index contributed by atoms with van der Waals surface area (Å²) in [6.07, 6.45) is 2.81. The summed E-state index contributed by atoms with van der Waals surface area (Å²) >= 11 is 0. The first kappa shape index (κ1) is 13.7. The SMILES string of the molecule is CCCNCc1coc(N(C)Cc2ccc(C)o2)n1. The zero-order valence-corrected chi connectivity index (χ0v) is 11.8. The van der Waals surface area contributed by atoms with E-state index in [1.165, 1.54) is 0 Å². The lowest BCUT2D eigenvalue weighted by molar-refractivity contribution is 0.469. The predicted molar refractivity (Wildman–Crippen MR) is 74.1 cm³/mol. The molecule has 2 rings (SSSR count). The van der Waals surface area contributed by atoms with E-state index in [1.54, 1.807) is 6.26 Å². The number of nitrogens with one attached hydrogen (secondary N) is 1. The normalized spacial score (nSPS) is 10.9. The third-order valence-electron chi connectivity index (χ3n) is 2.79. The molecule has 19 heavy (non-hydrogen) atoms. The molecular weight excluding hydrogens is 242 g/mol. The quantitative estimate of drug-likeness (QED) is 0.778. The average Bonchev–Trinajstić information content (AvgIpc) is 2.99. The van der Waals surface area contributed by atoms with Crippen molar-refractivity contribution in [3.8, 4) is 0 Å². The minimum absolute atomic E-state index is 0.613. The Morgan fingerprint density at radius 3 is 2.89 bits per heavy atom. The molecule has 0 aliphatic carbocycles. The molecule has 0 spiro atoms. The van der Waals surface area contributed by atoms with Gasteiger partial charge in [-0.2, -0.15) is 4.98 Å². The summed E-state index contributed by atoms with van der Waals surface area (Å²) in [7, 11) is 1.94. The number of rotatable bonds is 7. The second kappa shape index (κ2) is 6.43. The molecule has 0 fully saturated rings. The molecule has 5 nitrogen and oxygen atoms in total. The molecule has 0 atom stereocenters. The first-order valence-corrected chi connectivity index (χ1v) is 6.60. The number of aryl methyl sites for hydroxylation is 1. The van der Waals surface area contributed by atoms with E-state index in [1.807, 2.05) is 31.0 Å². The van der Waals surface area contributed by atoms with E-state index in [9.17, 15) is 0 Å². The standard InChI is InChI=1S/C14H21N3O2/c1-4-7-15-8-12-10-18-14(16-12)17(3)9-13-6-5-11(2)19-13/h5-6,10,15H,4,7-9H2,1-3H3. The number of anilines is 1. The van der Waals surface area contributed by atoms with E-state index in [-0.39, 0.29) is 0 Å². The fraction of sp³-hybridized carbons (Fsp3) is 0.500. The Bertz CT molecular complexity index is 504. The lowest BCUT2D eigenvalue weighted by Gasteiger charge is -2.12. The van der Waals surface area contributed by atoms with Crippen molar-refractivity contribution in [2.24, 2.45) is 0 Å².